The van der Waals surface area contributed by atoms with Crippen molar-refractivity contribution in [2.45, 2.75) is 13.0 Å². The van der Waals surface area contributed by atoms with E-state index < -0.39 is 0 Å². The van der Waals surface area contributed by atoms with Crippen LogP contribution in [0.5, 0.6) is 0 Å². The molecule has 0 bridgehead atoms. The molecule has 1 unspecified atom stereocenters. The molecule has 2 amide bonds. The molecular weight excluding hydrogens is 350 g/mol. The highest BCUT2D eigenvalue weighted by atomic mass is 32.2. The number of benzene rings is 1. The number of anilines is 2. The Labute approximate surface area is 157 Å². The van der Waals surface area contributed by atoms with Gasteiger partial charge in [-0.1, -0.05) is 30.3 Å². The third kappa shape index (κ3) is 5.38. The van der Waals surface area contributed by atoms with Crippen molar-refractivity contribution in [1.29, 1.82) is 5.41 Å². The monoisotopic (exact) mass is 373 g/mol. The zero-order valence-electron chi connectivity index (χ0n) is 14.8. The highest BCUT2D eigenvalue weighted by Crippen LogP contribution is 2.18. The number of rotatable bonds is 7. The van der Waals surface area contributed by atoms with E-state index >= 15 is 0 Å². The Morgan fingerprint density at radius 2 is 2.12 bits per heavy atom. The van der Waals surface area contributed by atoms with Crippen LogP contribution in [-0.2, 0) is 4.74 Å². The lowest BCUT2D eigenvalue weighted by Gasteiger charge is -2.18. The van der Waals surface area contributed by atoms with E-state index in [1.54, 1.807) is 18.7 Å². The van der Waals surface area contributed by atoms with Gasteiger partial charge in [-0.05, 0) is 18.7 Å². The number of urea groups is 1. The molecule has 1 aromatic heterocycles. The summed E-state index contributed by atoms with van der Waals surface area (Å²) in [4.78, 5) is 16.5. The lowest BCUT2D eigenvalue weighted by molar-refractivity contribution is 0.249. The summed E-state index contributed by atoms with van der Waals surface area (Å²) in [5.74, 6) is 1.01. The zero-order valence-corrected chi connectivity index (χ0v) is 15.6. The zero-order chi connectivity index (χ0) is 18.9. The molecule has 0 aliphatic heterocycles. The SMILES string of the molecule is CCOC(=N)c1cnc(NC(=O)NC(CSC)c2ccccc2)cc1N. The first-order chi connectivity index (χ1) is 12.5. The first-order valence-corrected chi connectivity index (χ1v) is 9.53. The molecule has 0 aliphatic rings. The lowest BCUT2D eigenvalue weighted by Crippen LogP contribution is -2.34. The van der Waals surface area contributed by atoms with Crippen molar-refractivity contribution in [2.75, 3.05) is 29.7 Å². The van der Waals surface area contributed by atoms with Gasteiger partial charge < -0.3 is 15.8 Å². The van der Waals surface area contributed by atoms with E-state index in [1.165, 1.54) is 12.3 Å². The Hall–Kier alpha value is -2.74. The van der Waals surface area contributed by atoms with Gasteiger partial charge in [-0.25, -0.2) is 9.78 Å². The number of nitrogens with one attached hydrogen (secondary N) is 3. The summed E-state index contributed by atoms with van der Waals surface area (Å²) in [5, 5.41) is 13.4. The Morgan fingerprint density at radius 1 is 1.38 bits per heavy atom. The first kappa shape index (κ1) is 19.6. The molecule has 8 heteroatoms. The molecule has 0 saturated heterocycles. The van der Waals surface area contributed by atoms with Gasteiger partial charge in [0, 0.05) is 23.7 Å². The number of carbonyl (C=O) groups is 1. The molecule has 0 aliphatic carbocycles. The third-order valence-corrected chi connectivity index (χ3v) is 4.22. The van der Waals surface area contributed by atoms with Crippen LogP contribution in [0.4, 0.5) is 16.3 Å². The number of hydrogen-bond donors (Lipinski definition) is 4. The normalized spacial score (nSPS) is 11.5. The molecule has 0 radical (unpaired) electrons. The number of pyridine rings is 1. The minimum absolute atomic E-state index is 0.0439. The van der Waals surface area contributed by atoms with Gasteiger partial charge in [0.25, 0.3) is 0 Å². The van der Waals surface area contributed by atoms with Crippen LogP contribution >= 0.6 is 11.8 Å². The van der Waals surface area contributed by atoms with Gasteiger partial charge in [0.15, 0.2) is 0 Å². The number of nitrogens with two attached hydrogens (primary N) is 1. The summed E-state index contributed by atoms with van der Waals surface area (Å²) in [6.45, 7) is 2.16. The molecule has 1 atom stereocenters. The third-order valence-electron chi connectivity index (χ3n) is 3.55. The van der Waals surface area contributed by atoms with Crippen LogP contribution in [0.1, 0.15) is 24.1 Å². The average molecular weight is 373 g/mol. The largest absolute Gasteiger partial charge is 0.478 e. The van der Waals surface area contributed by atoms with Crippen LogP contribution in [0.2, 0.25) is 0 Å². The number of aromatic nitrogens is 1. The van der Waals surface area contributed by atoms with Gasteiger partial charge in [-0.15, -0.1) is 0 Å². The van der Waals surface area contributed by atoms with Gasteiger partial charge in [0.05, 0.1) is 18.2 Å². The quantitative estimate of drug-likeness (QED) is 0.439. The van der Waals surface area contributed by atoms with Crippen LogP contribution in [0, 0.1) is 5.41 Å². The maximum absolute atomic E-state index is 12.3. The summed E-state index contributed by atoms with van der Waals surface area (Å²) in [6.07, 6.45) is 3.41. The topological polar surface area (TPSA) is 113 Å². The number of thioether (sulfide) groups is 1. The van der Waals surface area contributed by atoms with E-state index in [0.29, 0.717) is 23.7 Å². The van der Waals surface area contributed by atoms with E-state index in [1.807, 2.05) is 36.6 Å². The van der Waals surface area contributed by atoms with Gasteiger partial charge in [-0.2, -0.15) is 11.8 Å². The van der Waals surface area contributed by atoms with Crippen molar-refractivity contribution < 1.29 is 9.53 Å². The van der Waals surface area contributed by atoms with Crippen molar-refractivity contribution in [3.8, 4) is 0 Å². The number of carbonyl (C=O) groups excluding carboxylic acids is 1. The van der Waals surface area contributed by atoms with Crippen molar-refractivity contribution in [1.82, 2.24) is 10.3 Å². The summed E-state index contributed by atoms with van der Waals surface area (Å²) in [6, 6.07) is 10.8. The van der Waals surface area contributed by atoms with Gasteiger partial charge >= 0.3 is 6.03 Å². The fourth-order valence-corrected chi connectivity index (χ4v) is 2.94. The highest BCUT2D eigenvalue weighted by molar-refractivity contribution is 7.98. The maximum Gasteiger partial charge on any atom is 0.320 e. The molecule has 2 aromatic rings. The summed E-state index contributed by atoms with van der Waals surface area (Å²) in [5.41, 5.74) is 7.67. The number of nitrogens with zero attached hydrogens (tertiary/aromatic N) is 1. The predicted molar refractivity (Wildman–Crippen MR) is 107 cm³/mol. The molecule has 26 heavy (non-hydrogen) atoms. The van der Waals surface area contributed by atoms with E-state index in [4.69, 9.17) is 15.9 Å². The van der Waals surface area contributed by atoms with E-state index in [0.717, 1.165) is 11.3 Å². The van der Waals surface area contributed by atoms with E-state index in [9.17, 15) is 4.79 Å². The second-order valence-electron chi connectivity index (χ2n) is 5.44. The van der Waals surface area contributed by atoms with Gasteiger partial charge in [-0.3, -0.25) is 10.7 Å². The second kappa shape index (κ2) is 9.67. The van der Waals surface area contributed by atoms with Crippen LogP contribution in [0.25, 0.3) is 0 Å². The molecule has 0 spiro atoms. The Kier molecular flexibility index (Phi) is 7.28. The number of ether oxygens (including phenoxy) is 1. The first-order valence-electron chi connectivity index (χ1n) is 8.13. The number of nitrogen functional groups attached to an aromatic ring is 1. The minimum Gasteiger partial charge on any atom is -0.478 e. The summed E-state index contributed by atoms with van der Waals surface area (Å²) in [7, 11) is 0. The Balaban J connectivity index is 2.04. The number of amides is 2. The van der Waals surface area contributed by atoms with Crippen molar-refractivity contribution in [3.05, 3.63) is 53.7 Å². The maximum atomic E-state index is 12.3. The van der Waals surface area contributed by atoms with Crippen molar-refractivity contribution in [3.63, 3.8) is 0 Å². The van der Waals surface area contributed by atoms with Crippen LogP contribution in [-0.4, -0.2) is 35.5 Å². The van der Waals surface area contributed by atoms with Crippen LogP contribution in [0.3, 0.4) is 0 Å². The molecule has 0 saturated carbocycles. The fourth-order valence-electron chi connectivity index (χ4n) is 2.33. The molecule has 7 nitrogen and oxygen atoms in total. The molecule has 5 N–H and O–H groups in total. The van der Waals surface area contributed by atoms with Crippen molar-refractivity contribution in [2.24, 2.45) is 0 Å². The molecular formula is C18H23N5O2S. The lowest BCUT2D eigenvalue weighted by atomic mass is 10.1. The van der Waals surface area contributed by atoms with Crippen molar-refractivity contribution >= 4 is 35.2 Å². The molecule has 1 heterocycles. The molecule has 0 fully saturated rings. The summed E-state index contributed by atoms with van der Waals surface area (Å²) >= 11 is 1.65. The van der Waals surface area contributed by atoms with E-state index in [-0.39, 0.29) is 18.0 Å². The average Bonchev–Trinajstić information content (AvgIpc) is 2.62. The van der Waals surface area contributed by atoms with Crippen LogP contribution < -0.4 is 16.4 Å². The van der Waals surface area contributed by atoms with Gasteiger partial charge in [0.2, 0.25) is 5.90 Å². The van der Waals surface area contributed by atoms with E-state index in [2.05, 4.69) is 15.6 Å². The van der Waals surface area contributed by atoms with Gasteiger partial charge in [0.1, 0.15) is 5.82 Å². The standard InChI is InChI=1S/C18H23N5O2S/c1-3-25-17(20)13-10-21-16(9-14(13)19)23-18(24)22-15(11-26-2)12-7-5-4-6-8-12/h4-10,15,20H,3,11H2,1-2H3,(H4,19,21,22,23,24). The summed E-state index contributed by atoms with van der Waals surface area (Å²) < 4.78 is 5.12. The number of hydrogen-bond acceptors (Lipinski definition) is 6. The molecule has 138 valence electrons. The fraction of sp³-hybridized carbons (Fsp3) is 0.278. The van der Waals surface area contributed by atoms with Crippen LogP contribution in [0.15, 0.2) is 42.6 Å². The highest BCUT2D eigenvalue weighted by Gasteiger charge is 2.15. The minimum atomic E-state index is -0.368. The predicted octanol–water partition coefficient (Wildman–Crippen LogP) is 3.25. The Morgan fingerprint density at radius 3 is 2.73 bits per heavy atom. The molecule has 2 rings (SSSR count). The molecule has 1 aromatic carbocycles. The smallest absolute Gasteiger partial charge is 0.320 e. The Bertz CT molecular complexity index is 755. The second-order valence-corrected chi connectivity index (χ2v) is 6.35.